The molecule has 9 aromatic carbocycles. The van der Waals surface area contributed by atoms with E-state index < -0.39 is 0 Å². The minimum Gasteiger partial charge on any atom is -0.456 e. The summed E-state index contributed by atoms with van der Waals surface area (Å²) in [7, 11) is 0. The molecule has 12 aromatic rings. The number of furan rings is 1. The number of rotatable bonds is 6. The van der Waals surface area contributed by atoms with Gasteiger partial charge in [-0.25, -0.2) is 0 Å². The van der Waals surface area contributed by atoms with Gasteiger partial charge in [0.1, 0.15) is 11.2 Å². The second-order valence-corrected chi connectivity index (χ2v) is 14.9. The first-order valence-corrected chi connectivity index (χ1v) is 19.7. The molecule has 0 N–H and O–H groups in total. The molecule has 0 spiro atoms. The molecule has 0 amide bonds. The molecular formula is C54H34N2O2. The average Bonchev–Trinajstić information content (AvgIpc) is 3.96. The van der Waals surface area contributed by atoms with Crippen LogP contribution < -0.4 is 4.90 Å². The molecule has 12 rings (SSSR count). The van der Waals surface area contributed by atoms with Gasteiger partial charge in [-0.15, -0.1) is 0 Å². The average molecular weight is 743 g/mol. The molecule has 0 aliphatic carbocycles. The zero-order valence-corrected chi connectivity index (χ0v) is 31.3. The number of fused-ring (bicyclic) bond motifs is 9. The summed E-state index contributed by atoms with van der Waals surface area (Å²) in [6, 6.07) is 73.1. The van der Waals surface area contributed by atoms with Crippen LogP contribution in [-0.4, -0.2) is 4.40 Å². The van der Waals surface area contributed by atoms with Crippen LogP contribution in [0.4, 0.5) is 17.1 Å². The fourth-order valence-corrected chi connectivity index (χ4v) is 9.02. The van der Waals surface area contributed by atoms with Crippen molar-refractivity contribution < 1.29 is 8.83 Å². The molecule has 0 bridgehead atoms. The van der Waals surface area contributed by atoms with Crippen molar-refractivity contribution in [3.8, 4) is 33.4 Å². The van der Waals surface area contributed by atoms with Crippen LogP contribution >= 0.6 is 0 Å². The molecule has 0 aliphatic rings. The largest absolute Gasteiger partial charge is 0.456 e. The lowest BCUT2D eigenvalue weighted by molar-refractivity contribution is 0.658. The van der Waals surface area contributed by atoms with Gasteiger partial charge >= 0.3 is 0 Å². The molecule has 4 nitrogen and oxygen atoms in total. The van der Waals surface area contributed by atoms with Crippen LogP contribution in [0, 0.1) is 0 Å². The van der Waals surface area contributed by atoms with Gasteiger partial charge in [0.2, 0.25) is 5.71 Å². The van der Waals surface area contributed by atoms with Crippen molar-refractivity contribution in [2.45, 2.75) is 0 Å². The molecule has 272 valence electrons. The predicted molar refractivity (Wildman–Crippen MR) is 240 cm³/mol. The summed E-state index contributed by atoms with van der Waals surface area (Å²) in [5.74, 6) is 0. The molecule has 0 saturated heterocycles. The first-order chi connectivity index (χ1) is 28.8. The molecule has 3 heterocycles. The predicted octanol–water partition coefficient (Wildman–Crippen LogP) is 15.4. The van der Waals surface area contributed by atoms with Crippen molar-refractivity contribution in [3.05, 3.63) is 206 Å². The summed E-state index contributed by atoms with van der Waals surface area (Å²) in [5, 5.41) is 5.82. The topological polar surface area (TPSA) is 33.9 Å². The van der Waals surface area contributed by atoms with Gasteiger partial charge in [0.15, 0.2) is 5.58 Å². The van der Waals surface area contributed by atoms with Gasteiger partial charge in [0, 0.05) is 27.7 Å². The van der Waals surface area contributed by atoms with E-state index in [0.717, 1.165) is 83.6 Å². The van der Waals surface area contributed by atoms with Crippen LogP contribution in [-0.2, 0) is 0 Å². The molecule has 58 heavy (non-hydrogen) atoms. The van der Waals surface area contributed by atoms with Crippen LogP contribution in [0.3, 0.4) is 0 Å². The minimum absolute atomic E-state index is 0.852. The maximum Gasteiger partial charge on any atom is 0.213 e. The van der Waals surface area contributed by atoms with E-state index in [2.05, 4.69) is 203 Å². The Morgan fingerprint density at radius 1 is 0.379 bits per heavy atom. The molecule has 0 aliphatic heterocycles. The number of nitrogens with zero attached hydrogens (tertiary/aromatic N) is 2. The third kappa shape index (κ3) is 4.95. The van der Waals surface area contributed by atoms with Crippen molar-refractivity contribution in [1.82, 2.24) is 4.40 Å². The van der Waals surface area contributed by atoms with Crippen LogP contribution in [0.2, 0.25) is 0 Å². The van der Waals surface area contributed by atoms with Crippen molar-refractivity contribution in [2.24, 2.45) is 0 Å². The summed E-state index contributed by atoms with van der Waals surface area (Å²) in [5.41, 5.74) is 15.6. The van der Waals surface area contributed by atoms with Gasteiger partial charge in [-0.1, -0.05) is 152 Å². The van der Waals surface area contributed by atoms with Crippen molar-refractivity contribution >= 4 is 77.5 Å². The molecule has 0 unspecified atom stereocenters. The highest BCUT2D eigenvalue weighted by molar-refractivity contribution is 6.14. The fraction of sp³-hybridized carbons (Fsp3) is 0. The Labute approximate surface area is 334 Å². The Morgan fingerprint density at radius 2 is 0.966 bits per heavy atom. The lowest BCUT2D eigenvalue weighted by Gasteiger charge is -2.26. The number of aromatic nitrogens is 1. The van der Waals surface area contributed by atoms with Gasteiger partial charge < -0.3 is 13.7 Å². The lowest BCUT2D eigenvalue weighted by Crippen LogP contribution is -2.10. The molecule has 0 radical (unpaired) electrons. The standard InChI is InChI=1S/C54H34N2O2/c1-2-14-38(15-3-1)51-44-18-6-8-22-46(44)56-53-43(21-11-26-50(53)58-54(51)56)37-29-33-40(34-30-37)55(47-23-12-25-49-52(47)45-19-7-9-24-48(45)57-49)39-31-27-36(28-32-39)42-20-10-16-35-13-4-5-17-41(35)42/h1-34H. The quantitative estimate of drug-likeness (QED) is 0.170. The Hall–Kier alpha value is -7.82. The smallest absolute Gasteiger partial charge is 0.213 e. The van der Waals surface area contributed by atoms with Gasteiger partial charge in [-0.05, 0) is 87.6 Å². The van der Waals surface area contributed by atoms with Crippen molar-refractivity contribution in [2.75, 3.05) is 4.90 Å². The van der Waals surface area contributed by atoms with Gasteiger partial charge in [-0.3, -0.25) is 4.40 Å². The Kier molecular flexibility index (Phi) is 7.20. The first kappa shape index (κ1) is 32.4. The van der Waals surface area contributed by atoms with E-state index in [0.29, 0.717) is 0 Å². The summed E-state index contributed by atoms with van der Waals surface area (Å²) < 4.78 is 15.4. The first-order valence-electron chi connectivity index (χ1n) is 19.7. The van der Waals surface area contributed by atoms with Crippen LogP contribution in [0.5, 0.6) is 0 Å². The van der Waals surface area contributed by atoms with Crippen molar-refractivity contribution in [3.63, 3.8) is 0 Å². The molecule has 4 heteroatoms. The van der Waals surface area contributed by atoms with E-state index in [9.17, 15) is 0 Å². The van der Waals surface area contributed by atoms with E-state index in [1.165, 1.54) is 27.3 Å². The molecule has 0 saturated carbocycles. The lowest BCUT2D eigenvalue weighted by atomic mass is 9.98. The number of hydrogen-bond acceptors (Lipinski definition) is 3. The second-order valence-electron chi connectivity index (χ2n) is 14.9. The van der Waals surface area contributed by atoms with E-state index >= 15 is 0 Å². The number of anilines is 3. The summed E-state index contributed by atoms with van der Waals surface area (Å²) >= 11 is 0. The highest BCUT2D eigenvalue weighted by Gasteiger charge is 2.23. The summed E-state index contributed by atoms with van der Waals surface area (Å²) in [4.78, 5) is 2.35. The minimum atomic E-state index is 0.852. The van der Waals surface area contributed by atoms with Gasteiger partial charge in [0.05, 0.1) is 27.7 Å². The van der Waals surface area contributed by atoms with Gasteiger partial charge in [-0.2, -0.15) is 0 Å². The Morgan fingerprint density at radius 3 is 1.78 bits per heavy atom. The summed E-state index contributed by atoms with van der Waals surface area (Å²) in [6.07, 6.45) is 0. The van der Waals surface area contributed by atoms with Crippen LogP contribution in [0.15, 0.2) is 215 Å². The highest BCUT2D eigenvalue weighted by atomic mass is 16.3. The zero-order chi connectivity index (χ0) is 38.2. The molecule has 3 aromatic heterocycles. The number of benzene rings is 9. The van der Waals surface area contributed by atoms with Crippen LogP contribution in [0.1, 0.15) is 0 Å². The van der Waals surface area contributed by atoms with E-state index in [4.69, 9.17) is 8.83 Å². The van der Waals surface area contributed by atoms with Crippen molar-refractivity contribution in [1.29, 1.82) is 0 Å². The molecular weight excluding hydrogens is 709 g/mol. The molecule has 0 fully saturated rings. The van der Waals surface area contributed by atoms with Crippen LogP contribution in [0.25, 0.3) is 93.8 Å². The third-order valence-corrected chi connectivity index (χ3v) is 11.6. The second kappa shape index (κ2) is 12.9. The normalized spacial score (nSPS) is 11.8. The third-order valence-electron chi connectivity index (χ3n) is 11.6. The fourth-order valence-electron chi connectivity index (χ4n) is 9.02. The highest BCUT2D eigenvalue weighted by Crippen LogP contribution is 2.45. The SMILES string of the molecule is c1ccc(-c2c3ccccc3n3c2oc2cccc(-c4ccc(N(c5ccc(-c6cccc7ccccc67)cc5)c5cccc6oc7ccccc7c56)cc4)c23)cc1. The number of para-hydroxylation sites is 3. The monoisotopic (exact) mass is 742 g/mol. The van der Waals surface area contributed by atoms with Gasteiger partial charge in [0.25, 0.3) is 0 Å². The maximum atomic E-state index is 6.74. The maximum absolute atomic E-state index is 6.74. The van der Waals surface area contributed by atoms with E-state index in [-0.39, 0.29) is 0 Å². The van der Waals surface area contributed by atoms with E-state index in [1.807, 2.05) is 12.1 Å². The Bertz CT molecular complexity index is 3490. The number of oxazole rings is 1. The zero-order valence-electron chi connectivity index (χ0n) is 31.3. The Balaban J connectivity index is 1.03. The van der Waals surface area contributed by atoms with E-state index in [1.54, 1.807) is 0 Å². The number of hydrogen-bond donors (Lipinski definition) is 0. The summed E-state index contributed by atoms with van der Waals surface area (Å²) in [6.45, 7) is 0. The molecule has 0 atom stereocenters.